The largest absolute Gasteiger partial charge is 0.478 e. The Labute approximate surface area is 107 Å². The topological polar surface area (TPSA) is 62.9 Å². The molecule has 1 aromatic heterocycles. The lowest BCUT2D eigenvalue weighted by Crippen LogP contribution is -2.35. The number of carboxylic acids is 1. The number of carbonyl (C=O) groups is 1. The molecular formula is C13H21NO4. The summed E-state index contributed by atoms with van der Waals surface area (Å²) in [5.41, 5.74) is 0.237. The van der Waals surface area contributed by atoms with Gasteiger partial charge < -0.3 is 14.3 Å². The van der Waals surface area contributed by atoms with Crippen LogP contribution in [0.2, 0.25) is 0 Å². The van der Waals surface area contributed by atoms with Crippen molar-refractivity contribution in [3.63, 3.8) is 0 Å². The van der Waals surface area contributed by atoms with Gasteiger partial charge in [-0.25, -0.2) is 4.79 Å². The zero-order valence-corrected chi connectivity index (χ0v) is 11.2. The van der Waals surface area contributed by atoms with E-state index in [1.807, 2.05) is 0 Å². The number of carboxylic acid groups (broad SMARTS) is 1. The standard InChI is InChI=1S/C13H21NO4/c1-4-10(2)14(6-8-17-3)9-12-11(13(15)16)5-7-18-12/h5,7,10H,4,6,8-9H2,1-3H3,(H,15,16). The Bertz CT molecular complexity index is 375. The van der Waals surface area contributed by atoms with Crippen LogP contribution in [0.25, 0.3) is 0 Å². The second kappa shape index (κ2) is 7.18. The summed E-state index contributed by atoms with van der Waals surface area (Å²) in [6.45, 7) is 6.08. The van der Waals surface area contributed by atoms with Gasteiger partial charge in [0.2, 0.25) is 0 Å². The molecule has 5 nitrogen and oxygen atoms in total. The number of nitrogens with zero attached hydrogens (tertiary/aromatic N) is 1. The van der Waals surface area contributed by atoms with E-state index in [0.717, 1.165) is 13.0 Å². The van der Waals surface area contributed by atoms with E-state index in [1.54, 1.807) is 7.11 Å². The van der Waals surface area contributed by atoms with Crippen molar-refractivity contribution in [2.75, 3.05) is 20.3 Å². The quantitative estimate of drug-likeness (QED) is 0.771. The minimum Gasteiger partial charge on any atom is -0.478 e. The lowest BCUT2D eigenvalue weighted by Gasteiger charge is -2.27. The molecule has 18 heavy (non-hydrogen) atoms. The highest BCUT2D eigenvalue weighted by atomic mass is 16.5. The van der Waals surface area contributed by atoms with Gasteiger partial charge in [0.1, 0.15) is 11.3 Å². The van der Waals surface area contributed by atoms with E-state index >= 15 is 0 Å². The zero-order chi connectivity index (χ0) is 13.5. The average Bonchev–Trinajstić information content (AvgIpc) is 2.81. The molecule has 0 amide bonds. The van der Waals surface area contributed by atoms with Gasteiger partial charge in [-0.05, 0) is 19.4 Å². The molecule has 1 unspecified atom stereocenters. The molecule has 5 heteroatoms. The first-order valence-corrected chi connectivity index (χ1v) is 6.12. The molecule has 1 heterocycles. The van der Waals surface area contributed by atoms with Crippen LogP contribution >= 0.6 is 0 Å². The van der Waals surface area contributed by atoms with Crippen LogP contribution in [0.4, 0.5) is 0 Å². The summed E-state index contributed by atoms with van der Waals surface area (Å²) in [7, 11) is 1.66. The SMILES string of the molecule is CCC(C)N(CCOC)Cc1occc1C(=O)O. The normalized spacial score (nSPS) is 12.9. The molecule has 0 spiro atoms. The van der Waals surface area contributed by atoms with Crippen LogP contribution in [0.1, 0.15) is 36.4 Å². The van der Waals surface area contributed by atoms with Gasteiger partial charge in [0, 0.05) is 19.7 Å². The Kier molecular flexibility index (Phi) is 5.88. The van der Waals surface area contributed by atoms with E-state index in [4.69, 9.17) is 14.3 Å². The van der Waals surface area contributed by atoms with Crippen molar-refractivity contribution in [3.05, 3.63) is 23.7 Å². The lowest BCUT2D eigenvalue weighted by atomic mass is 10.2. The summed E-state index contributed by atoms with van der Waals surface area (Å²) >= 11 is 0. The highest BCUT2D eigenvalue weighted by molar-refractivity contribution is 5.88. The van der Waals surface area contributed by atoms with Gasteiger partial charge >= 0.3 is 5.97 Å². The highest BCUT2D eigenvalue weighted by Gasteiger charge is 2.19. The van der Waals surface area contributed by atoms with E-state index < -0.39 is 5.97 Å². The maximum atomic E-state index is 11.0. The third-order valence-corrected chi connectivity index (χ3v) is 3.12. The Morgan fingerprint density at radius 1 is 1.61 bits per heavy atom. The Morgan fingerprint density at radius 2 is 2.33 bits per heavy atom. The summed E-state index contributed by atoms with van der Waals surface area (Å²) < 4.78 is 10.3. The summed E-state index contributed by atoms with van der Waals surface area (Å²) in [4.78, 5) is 13.2. The number of methoxy groups -OCH3 is 1. The molecule has 0 aromatic carbocycles. The van der Waals surface area contributed by atoms with Gasteiger partial charge in [-0.3, -0.25) is 4.90 Å². The van der Waals surface area contributed by atoms with Crippen LogP contribution in [-0.2, 0) is 11.3 Å². The van der Waals surface area contributed by atoms with E-state index in [0.29, 0.717) is 25.0 Å². The van der Waals surface area contributed by atoms with Gasteiger partial charge in [0.05, 0.1) is 19.4 Å². The summed E-state index contributed by atoms with van der Waals surface area (Å²) in [5, 5.41) is 9.04. The maximum Gasteiger partial charge on any atom is 0.339 e. The first-order valence-electron chi connectivity index (χ1n) is 6.12. The number of furan rings is 1. The number of hydrogen-bond donors (Lipinski definition) is 1. The molecular weight excluding hydrogens is 234 g/mol. The van der Waals surface area contributed by atoms with E-state index in [1.165, 1.54) is 12.3 Å². The predicted octanol–water partition coefficient (Wildman–Crippen LogP) is 2.22. The first kappa shape index (κ1) is 14.7. The molecule has 1 aromatic rings. The fourth-order valence-corrected chi connectivity index (χ4v) is 1.76. The minimum absolute atomic E-state index is 0.237. The molecule has 1 rings (SSSR count). The fraction of sp³-hybridized carbons (Fsp3) is 0.615. The summed E-state index contributed by atoms with van der Waals surface area (Å²) in [6, 6.07) is 1.84. The molecule has 0 saturated heterocycles. The fourth-order valence-electron chi connectivity index (χ4n) is 1.76. The molecule has 0 radical (unpaired) electrons. The number of hydrogen-bond acceptors (Lipinski definition) is 4. The van der Waals surface area contributed by atoms with Gasteiger partial charge in [0.25, 0.3) is 0 Å². The van der Waals surface area contributed by atoms with Crippen molar-refractivity contribution in [2.45, 2.75) is 32.9 Å². The molecule has 0 saturated carbocycles. The van der Waals surface area contributed by atoms with Gasteiger partial charge in [-0.1, -0.05) is 6.92 Å². The van der Waals surface area contributed by atoms with Crippen LogP contribution < -0.4 is 0 Å². The van der Waals surface area contributed by atoms with E-state index in [9.17, 15) is 4.79 Å². The summed E-state index contributed by atoms with van der Waals surface area (Å²) in [6.07, 6.45) is 2.41. The molecule has 0 aliphatic heterocycles. The third-order valence-electron chi connectivity index (χ3n) is 3.12. The second-order valence-electron chi connectivity index (χ2n) is 4.28. The number of ether oxygens (including phenoxy) is 1. The third kappa shape index (κ3) is 3.85. The van der Waals surface area contributed by atoms with Crippen LogP contribution in [0.15, 0.2) is 16.7 Å². The molecule has 1 atom stereocenters. The number of rotatable bonds is 8. The van der Waals surface area contributed by atoms with Gasteiger partial charge in [-0.2, -0.15) is 0 Å². The monoisotopic (exact) mass is 255 g/mol. The van der Waals surface area contributed by atoms with Crippen molar-refractivity contribution in [2.24, 2.45) is 0 Å². The van der Waals surface area contributed by atoms with Gasteiger partial charge in [0.15, 0.2) is 0 Å². The smallest absolute Gasteiger partial charge is 0.339 e. The molecule has 102 valence electrons. The molecule has 0 aliphatic rings. The van der Waals surface area contributed by atoms with E-state index in [2.05, 4.69) is 18.7 Å². The summed E-state index contributed by atoms with van der Waals surface area (Å²) in [5.74, 6) is -0.450. The average molecular weight is 255 g/mol. The van der Waals surface area contributed by atoms with E-state index in [-0.39, 0.29) is 5.56 Å². The van der Waals surface area contributed by atoms with Crippen LogP contribution in [0, 0.1) is 0 Å². The number of aromatic carboxylic acids is 1. The maximum absolute atomic E-state index is 11.0. The van der Waals surface area contributed by atoms with Gasteiger partial charge in [-0.15, -0.1) is 0 Å². The molecule has 0 bridgehead atoms. The minimum atomic E-state index is -0.949. The molecule has 1 N–H and O–H groups in total. The van der Waals surface area contributed by atoms with Crippen molar-refractivity contribution >= 4 is 5.97 Å². The Balaban J connectivity index is 2.75. The Morgan fingerprint density at radius 3 is 2.89 bits per heavy atom. The van der Waals surface area contributed by atoms with Crippen LogP contribution in [-0.4, -0.2) is 42.3 Å². The van der Waals surface area contributed by atoms with Crippen molar-refractivity contribution in [1.82, 2.24) is 4.90 Å². The Hall–Kier alpha value is -1.33. The van der Waals surface area contributed by atoms with Crippen LogP contribution in [0.5, 0.6) is 0 Å². The zero-order valence-electron chi connectivity index (χ0n) is 11.2. The van der Waals surface area contributed by atoms with Crippen molar-refractivity contribution in [1.29, 1.82) is 0 Å². The molecule has 0 aliphatic carbocycles. The lowest BCUT2D eigenvalue weighted by molar-refractivity contribution is 0.0689. The highest BCUT2D eigenvalue weighted by Crippen LogP contribution is 2.16. The first-order chi connectivity index (χ1) is 8.60. The van der Waals surface area contributed by atoms with Crippen molar-refractivity contribution in [3.8, 4) is 0 Å². The van der Waals surface area contributed by atoms with Crippen LogP contribution in [0.3, 0.4) is 0 Å². The predicted molar refractivity (Wildman–Crippen MR) is 67.7 cm³/mol. The molecule has 0 fully saturated rings. The van der Waals surface area contributed by atoms with Crippen molar-refractivity contribution < 1.29 is 19.1 Å². The second-order valence-corrected chi connectivity index (χ2v) is 4.28.